The molecule has 0 aliphatic heterocycles. The molecule has 0 aromatic heterocycles. The van der Waals surface area contributed by atoms with Gasteiger partial charge in [-0.05, 0) is 12.1 Å². The van der Waals surface area contributed by atoms with Gasteiger partial charge in [0.2, 0.25) is 0 Å². The van der Waals surface area contributed by atoms with E-state index in [0.29, 0.717) is 0 Å². The standard InChI is InChI=1S/C9H7ClF3NO2/c10-6-2-1-5(4-15)7(3-6)14-8(16)9(11,12)13/h1-3,15H,4H2,(H,14,16). The van der Waals surface area contributed by atoms with Crippen LogP contribution in [-0.4, -0.2) is 17.2 Å². The fourth-order valence-corrected chi connectivity index (χ4v) is 1.17. The molecule has 0 unspecified atom stereocenters. The van der Waals surface area contributed by atoms with Crippen LogP contribution in [0.15, 0.2) is 18.2 Å². The summed E-state index contributed by atoms with van der Waals surface area (Å²) >= 11 is 5.56. The van der Waals surface area contributed by atoms with Crippen molar-refractivity contribution in [2.24, 2.45) is 0 Å². The molecule has 0 spiro atoms. The molecule has 0 aliphatic carbocycles. The van der Waals surface area contributed by atoms with Crippen LogP contribution in [0.5, 0.6) is 0 Å². The van der Waals surface area contributed by atoms with Gasteiger partial charge in [-0.1, -0.05) is 17.7 Å². The van der Waals surface area contributed by atoms with Gasteiger partial charge in [0.25, 0.3) is 0 Å². The Bertz CT molecular complexity index is 406. The zero-order valence-electron chi connectivity index (χ0n) is 7.81. The highest BCUT2D eigenvalue weighted by Gasteiger charge is 2.38. The molecule has 0 heterocycles. The molecule has 1 amide bonds. The average Bonchev–Trinajstić information content (AvgIpc) is 2.16. The summed E-state index contributed by atoms with van der Waals surface area (Å²) in [6.45, 7) is -0.495. The van der Waals surface area contributed by atoms with Crippen molar-refractivity contribution in [2.45, 2.75) is 12.8 Å². The molecule has 0 fully saturated rings. The molecule has 0 saturated carbocycles. The molecule has 1 rings (SSSR count). The first-order valence-corrected chi connectivity index (χ1v) is 4.50. The van der Waals surface area contributed by atoms with Crippen molar-refractivity contribution in [3.63, 3.8) is 0 Å². The quantitative estimate of drug-likeness (QED) is 0.850. The number of nitrogens with one attached hydrogen (secondary N) is 1. The molecule has 7 heteroatoms. The molecule has 2 N–H and O–H groups in total. The lowest BCUT2D eigenvalue weighted by molar-refractivity contribution is -0.167. The molecule has 0 radical (unpaired) electrons. The van der Waals surface area contributed by atoms with E-state index in [1.807, 2.05) is 0 Å². The maximum Gasteiger partial charge on any atom is 0.471 e. The van der Waals surface area contributed by atoms with E-state index < -0.39 is 18.7 Å². The number of rotatable bonds is 2. The minimum Gasteiger partial charge on any atom is -0.392 e. The van der Waals surface area contributed by atoms with Crippen molar-refractivity contribution in [3.8, 4) is 0 Å². The summed E-state index contributed by atoms with van der Waals surface area (Å²) in [6.07, 6.45) is -4.98. The molecule has 1 aromatic carbocycles. The van der Waals surface area contributed by atoms with E-state index in [9.17, 15) is 18.0 Å². The van der Waals surface area contributed by atoms with Gasteiger partial charge >= 0.3 is 12.1 Å². The van der Waals surface area contributed by atoms with Gasteiger partial charge in [0.05, 0.1) is 6.61 Å². The van der Waals surface area contributed by atoms with Crippen molar-refractivity contribution in [1.82, 2.24) is 0 Å². The monoisotopic (exact) mass is 253 g/mol. The highest BCUT2D eigenvalue weighted by molar-refractivity contribution is 6.31. The average molecular weight is 254 g/mol. The summed E-state index contributed by atoms with van der Waals surface area (Å²) in [5.74, 6) is -2.11. The third kappa shape index (κ3) is 3.11. The molecular weight excluding hydrogens is 247 g/mol. The fourth-order valence-electron chi connectivity index (χ4n) is 0.996. The van der Waals surface area contributed by atoms with Gasteiger partial charge in [0.15, 0.2) is 0 Å². The number of alkyl halides is 3. The largest absolute Gasteiger partial charge is 0.471 e. The smallest absolute Gasteiger partial charge is 0.392 e. The van der Waals surface area contributed by atoms with Crippen molar-refractivity contribution < 1.29 is 23.1 Å². The fraction of sp³-hybridized carbons (Fsp3) is 0.222. The Morgan fingerprint density at radius 1 is 1.44 bits per heavy atom. The lowest BCUT2D eigenvalue weighted by Crippen LogP contribution is -2.30. The lowest BCUT2D eigenvalue weighted by atomic mass is 10.2. The van der Waals surface area contributed by atoms with E-state index >= 15 is 0 Å². The van der Waals surface area contributed by atoms with Crippen LogP contribution in [0.2, 0.25) is 5.02 Å². The number of benzene rings is 1. The summed E-state index contributed by atoms with van der Waals surface area (Å²) in [5.41, 5.74) is -0.000625. The summed E-state index contributed by atoms with van der Waals surface area (Å²) in [5, 5.41) is 10.6. The van der Waals surface area contributed by atoms with E-state index in [0.717, 1.165) is 6.07 Å². The number of hydrogen-bond acceptors (Lipinski definition) is 2. The van der Waals surface area contributed by atoms with Crippen LogP contribution in [-0.2, 0) is 11.4 Å². The van der Waals surface area contributed by atoms with Crippen molar-refractivity contribution in [3.05, 3.63) is 28.8 Å². The molecule has 16 heavy (non-hydrogen) atoms. The Morgan fingerprint density at radius 2 is 2.06 bits per heavy atom. The zero-order valence-corrected chi connectivity index (χ0v) is 8.56. The highest BCUT2D eigenvalue weighted by atomic mass is 35.5. The van der Waals surface area contributed by atoms with E-state index in [1.54, 1.807) is 5.32 Å². The Morgan fingerprint density at radius 3 is 2.56 bits per heavy atom. The van der Waals surface area contributed by atoms with Gasteiger partial charge in [-0.3, -0.25) is 4.79 Å². The number of hydrogen-bond donors (Lipinski definition) is 2. The minimum atomic E-state index is -4.98. The molecule has 1 aromatic rings. The molecule has 0 bridgehead atoms. The molecule has 0 atom stereocenters. The number of anilines is 1. The Balaban J connectivity index is 2.96. The van der Waals surface area contributed by atoms with Crippen LogP contribution in [0.1, 0.15) is 5.56 Å². The molecule has 88 valence electrons. The van der Waals surface area contributed by atoms with Crippen LogP contribution >= 0.6 is 11.6 Å². The molecule has 3 nitrogen and oxygen atoms in total. The van der Waals surface area contributed by atoms with Gasteiger partial charge < -0.3 is 10.4 Å². The lowest BCUT2D eigenvalue weighted by Gasteiger charge is -2.11. The van der Waals surface area contributed by atoms with E-state index in [4.69, 9.17) is 16.7 Å². The number of carbonyl (C=O) groups excluding carboxylic acids is 1. The summed E-state index contributed by atoms with van der Waals surface area (Å²) in [6, 6.07) is 3.86. The second-order valence-corrected chi connectivity index (χ2v) is 3.35. The summed E-state index contributed by atoms with van der Waals surface area (Å²) in [7, 11) is 0. The topological polar surface area (TPSA) is 49.3 Å². The number of aliphatic hydroxyl groups is 1. The first-order chi connectivity index (χ1) is 7.34. The third-order valence-electron chi connectivity index (χ3n) is 1.75. The highest BCUT2D eigenvalue weighted by Crippen LogP contribution is 2.24. The Hall–Kier alpha value is -1.27. The first kappa shape index (κ1) is 12.8. The number of aliphatic hydroxyl groups excluding tert-OH is 1. The maximum atomic E-state index is 12.0. The second-order valence-electron chi connectivity index (χ2n) is 2.91. The van der Waals surface area contributed by atoms with Crippen LogP contribution in [0.4, 0.5) is 18.9 Å². The van der Waals surface area contributed by atoms with E-state index in [-0.39, 0.29) is 16.3 Å². The zero-order chi connectivity index (χ0) is 12.3. The normalized spacial score (nSPS) is 11.3. The maximum absolute atomic E-state index is 12.0. The molecular formula is C9H7ClF3NO2. The van der Waals surface area contributed by atoms with Crippen molar-refractivity contribution in [2.75, 3.05) is 5.32 Å². The molecule has 0 aliphatic rings. The van der Waals surface area contributed by atoms with Crippen LogP contribution in [0.25, 0.3) is 0 Å². The predicted molar refractivity (Wildman–Crippen MR) is 52.1 cm³/mol. The number of amides is 1. The summed E-state index contributed by atoms with van der Waals surface area (Å²) in [4.78, 5) is 10.7. The SMILES string of the molecule is O=C(Nc1cc(Cl)ccc1CO)C(F)(F)F. The second kappa shape index (κ2) is 4.71. The summed E-state index contributed by atoms with van der Waals surface area (Å²) < 4.78 is 35.9. The van der Waals surface area contributed by atoms with Crippen LogP contribution < -0.4 is 5.32 Å². The first-order valence-electron chi connectivity index (χ1n) is 4.12. The Labute approximate surface area is 93.8 Å². The van der Waals surface area contributed by atoms with Crippen molar-refractivity contribution in [1.29, 1.82) is 0 Å². The minimum absolute atomic E-state index is 0.155. The van der Waals surface area contributed by atoms with E-state index in [2.05, 4.69) is 0 Å². The van der Waals surface area contributed by atoms with Gasteiger partial charge in [-0.25, -0.2) is 0 Å². The number of halogens is 4. The predicted octanol–water partition coefficient (Wildman–Crippen LogP) is 2.33. The van der Waals surface area contributed by atoms with Crippen LogP contribution in [0, 0.1) is 0 Å². The van der Waals surface area contributed by atoms with Crippen LogP contribution in [0.3, 0.4) is 0 Å². The Kier molecular flexibility index (Phi) is 3.77. The van der Waals surface area contributed by atoms with Gasteiger partial charge in [-0.15, -0.1) is 0 Å². The number of carbonyl (C=O) groups is 1. The van der Waals surface area contributed by atoms with Crippen molar-refractivity contribution >= 4 is 23.2 Å². The van der Waals surface area contributed by atoms with Gasteiger partial charge in [-0.2, -0.15) is 13.2 Å². The van der Waals surface area contributed by atoms with Gasteiger partial charge in [0.1, 0.15) is 0 Å². The van der Waals surface area contributed by atoms with E-state index in [1.165, 1.54) is 12.1 Å². The van der Waals surface area contributed by atoms with Gasteiger partial charge in [0, 0.05) is 16.3 Å². The molecule has 0 saturated heterocycles. The third-order valence-corrected chi connectivity index (χ3v) is 1.98.